The molecule has 7 nitrogen and oxygen atoms in total. The number of carbonyl (C=O) groups is 1. The first-order chi connectivity index (χ1) is 11.5. The molecule has 9 heteroatoms. The van der Waals surface area contributed by atoms with Crippen molar-refractivity contribution in [2.45, 2.75) is 12.8 Å². The van der Waals surface area contributed by atoms with E-state index in [-0.39, 0.29) is 16.8 Å². The van der Waals surface area contributed by atoms with Gasteiger partial charge in [-0.3, -0.25) is 9.59 Å². The lowest BCUT2D eigenvalue weighted by Gasteiger charge is -2.33. The molecule has 0 saturated carbocycles. The molecule has 0 aliphatic carbocycles. The third kappa shape index (κ3) is 3.76. The first-order valence-corrected chi connectivity index (χ1v) is 8.62. The predicted octanol–water partition coefficient (Wildman–Crippen LogP) is 2.44. The summed E-state index contributed by atoms with van der Waals surface area (Å²) >= 11 is 9.36. The summed E-state index contributed by atoms with van der Waals surface area (Å²) in [5.74, 6) is 0.208. The summed E-state index contributed by atoms with van der Waals surface area (Å²) in [7, 11) is 0. The van der Waals surface area contributed by atoms with Gasteiger partial charge >= 0.3 is 0 Å². The van der Waals surface area contributed by atoms with Crippen molar-refractivity contribution in [3.8, 4) is 0 Å². The van der Waals surface area contributed by atoms with Gasteiger partial charge < -0.3 is 10.2 Å². The fraction of sp³-hybridized carbons (Fsp3) is 0.333. The van der Waals surface area contributed by atoms with E-state index in [1.165, 1.54) is 6.20 Å². The zero-order valence-electron chi connectivity index (χ0n) is 12.6. The Morgan fingerprint density at radius 2 is 2.25 bits per heavy atom. The number of aromatic nitrogens is 3. The minimum atomic E-state index is -0.431. The van der Waals surface area contributed by atoms with Gasteiger partial charge in [0.25, 0.3) is 5.56 Å². The number of halogens is 2. The van der Waals surface area contributed by atoms with Gasteiger partial charge in [-0.1, -0.05) is 11.6 Å². The Kier molecular flexibility index (Phi) is 5.15. The molecule has 0 bridgehead atoms. The van der Waals surface area contributed by atoms with Gasteiger partial charge in [-0.2, -0.15) is 5.10 Å². The summed E-state index contributed by atoms with van der Waals surface area (Å²) in [6.07, 6.45) is 4.74. The minimum Gasteiger partial charge on any atom is -0.368 e. The zero-order valence-corrected chi connectivity index (χ0v) is 15.0. The quantitative estimate of drug-likeness (QED) is 0.808. The van der Waals surface area contributed by atoms with Gasteiger partial charge in [-0.15, -0.1) is 0 Å². The largest absolute Gasteiger partial charge is 0.368 e. The summed E-state index contributed by atoms with van der Waals surface area (Å²) in [6, 6.07) is 3.55. The van der Waals surface area contributed by atoms with Gasteiger partial charge in [0.05, 0.1) is 17.8 Å². The highest BCUT2D eigenvalue weighted by molar-refractivity contribution is 9.10. The molecule has 0 aromatic carbocycles. The van der Waals surface area contributed by atoms with Gasteiger partial charge in [0.1, 0.15) is 10.8 Å². The van der Waals surface area contributed by atoms with Gasteiger partial charge in [-0.05, 0) is 40.9 Å². The molecule has 3 rings (SSSR count). The lowest BCUT2D eigenvalue weighted by atomic mass is 9.97. The number of nitrogens with zero attached hydrogens (tertiary/aromatic N) is 3. The van der Waals surface area contributed by atoms with Crippen LogP contribution in [0.1, 0.15) is 12.8 Å². The Bertz CT molecular complexity index is 795. The normalized spacial score (nSPS) is 17.6. The molecule has 1 saturated heterocycles. The minimum absolute atomic E-state index is 0.0940. The number of carbonyl (C=O) groups excluding carboxylic acids is 1. The van der Waals surface area contributed by atoms with E-state index < -0.39 is 5.56 Å². The van der Waals surface area contributed by atoms with Crippen LogP contribution in [0.25, 0.3) is 0 Å². The van der Waals surface area contributed by atoms with Crippen molar-refractivity contribution in [1.82, 2.24) is 15.2 Å². The first kappa shape index (κ1) is 16.9. The van der Waals surface area contributed by atoms with Crippen molar-refractivity contribution in [2.75, 3.05) is 23.3 Å². The fourth-order valence-corrected chi connectivity index (χ4v) is 3.13. The first-order valence-electron chi connectivity index (χ1n) is 7.45. The van der Waals surface area contributed by atoms with Crippen LogP contribution in [0.2, 0.25) is 5.02 Å². The molecular weight excluding hydrogens is 398 g/mol. The number of nitrogens with one attached hydrogen (secondary N) is 2. The van der Waals surface area contributed by atoms with Gasteiger partial charge in [0, 0.05) is 23.8 Å². The number of rotatable bonds is 3. The second kappa shape index (κ2) is 7.31. The molecule has 1 atom stereocenters. The van der Waals surface area contributed by atoms with Crippen molar-refractivity contribution in [2.24, 2.45) is 5.92 Å². The molecule has 24 heavy (non-hydrogen) atoms. The van der Waals surface area contributed by atoms with Gasteiger partial charge in [0.2, 0.25) is 5.91 Å². The van der Waals surface area contributed by atoms with E-state index >= 15 is 0 Å². The molecule has 1 fully saturated rings. The molecule has 1 unspecified atom stereocenters. The van der Waals surface area contributed by atoms with Crippen LogP contribution in [0.5, 0.6) is 0 Å². The third-order valence-corrected chi connectivity index (χ3v) is 4.72. The van der Waals surface area contributed by atoms with Crippen molar-refractivity contribution < 1.29 is 4.79 Å². The molecule has 3 heterocycles. The van der Waals surface area contributed by atoms with E-state index in [0.717, 1.165) is 23.9 Å². The van der Waals surface area contributed by atoms with E-state index in [0.29, 0.717) is 18.1 Å². The number of hydrogen-bond acceptors (Lipinski definition) is 5. The smallest absolute Gasteiger partial charge is 0.285 e. The Morgan fingerprint density at radius 3 is 3.00 bits per heavy atom. The molecule has 0 spiro atoms. The number of hydrogen-bond donors (Lipinski definition) is 2. The highest BCUT2D eigenvalue weighted by Gasteiger charge is 2.27. The lowest BCUT2D eigenvalue weighted by molar-refractivity contribution is -0.120. The summed E-state index contributed by atoms with van der Waals surface area (Å²) in [5.41, 5.74) is 0.125. The van der Waals surface area contributed by atoms with Crippen molar-refractivity contribution in [3.63, 3.8) is 0 Å². The Labute approximate surface area is 151 Å². The molecule has 2 aromatic rings. The molecular formula is C15H15BrClN5O2. The molecule has 1 aliphatic heterocycles. The topological polar surface area (TPSA) is 91.0 Å². The van der Waals surface area contributed by atoms with E-state index in [1.54, 1.807) is 12.3 Å². The van der Waals surface area contributed by atoms with Crippen LogP contribution in [0.3, 0.4) is 0 Å². The summed E-state index contributed by atoms with van der Waals surface area (Å²) < 4.78 is 0.848. The SMILES string of the molecule is O=C(Nc1ccc(Br)cn1)C1CCCN(c2cn[nH]c(=O)c2Cl)C1. The van der Waals surface area contributed by atoms with Crippen LogP contribution in [0.4, 0.5) is 11.5 Å². The maximum atomic E-state index is 12.5. The molecule has 126 valence electrons. The van der Waals surface area contributed by atoms with Crippen molar-refractivity contribution in [3.05, 3.63) is 44.4 Å². The molecule has 1 aliphatic rings. The van der Waals surface area contributed by atoms with Gasteiger partial charge in [0.15, 0.2) is 0 Å². The number of H-pyrrole nitrogens is 1. The predicted molar refractivity (Wildman–Crippen MR) is 95.4 cm³/mol. The van der Waals surface area contributed by atoms with E-state index in [2.05, 4.69) is 36.4 Å². The summed E-state index contributed by atoms with van der Waals surface area (Å²) in [5, 5.41) is 9.00. The van der Waals surface area contributed by atoms with Crippen LogP contribution >= 0.6 is 27.5 Å². The number of aromatic amines is 1. The Balaban J connectivity index is 1.71. The molecule has 2 N–H and O–H groups in total. The molecule has 0 radical (unpaired) electrons. The maximum Gasteiger partial charge on any atom is 0.285 e. The van der Waals surface area contributed by atoms with Crippen LogP contribution in [0, 0.1) is 5.92 Å². The van der Waals surface area contributed by atoms with Gasteiger partial charge in [-0.25, -0.2) is 10.1 Å². The summed E-state index contributed by atoms with van der Waals surface area (Å²) in [4.78, 5) is 30.1. The van der Waals surface area contributed by atoms with Crippen molar-refractivity contribution >= 4 is 44.9 Å². The monoisotopic (exact) mass is 411 g/mol. The molecule has 2 aromatic heterocycles. The number of anilines is 2. The number of amides is 1. The number of pyridine rings is 1. The Hall–Kier alpha value is -1.93. The molecule has 1 amide bonds. The van der Waals surface area contributed by atoms with Crippen molar-refractivity contribution in [1.29, 1.82) is 0 Å². The van der Waals surface area contributed by atoms with E-state index in [4.69, 9.17) is 11.6 Å². The average Bonchev–Trinajstić information content (AvgIpc) is 2.59. The highest BCUT2D eigenvalue weighted by Crippen LogP contribution is 2.27. The number of piperidine rings is 1. The second-order valence-electron chi connectivity index (χ2n) is 5.53. The van der Waals surface area contributed by atoms with Crippen LogP contribution in [-0.4, -0.2) is 34.2 Å². The zero-order chi connectivity index (χ0) is 17.1. The van der Waals surface area contributed by atoms with Crippen LogP contribution < -0.4 is 15.8 Å². The van der Waals surface area contributed by atoms with Crippen LogP contribution in [-0.2, 0) is 4.79 Å². The van der Waals surface area contributed by atoms with Crippen LogP contribution in [0.15, 0.2) is 33.8 Å². The average molecular weight is 413 g/mol. The van der Waals surface area contributed by atoms with E-state index in [9.17, 15) is 9.59 Å². The fourth-order valence-electron chi connectivity index (χ4n) is 2.68. The highest BCUT2D eigenvalue weighted by atomic mass is 79.9. The Morgan fingerprint density at radius 1 is 1.42 bits per heavy atom. The standard InChI is InChI=1S/C15H15BrClN5O2/c16-10-3-4-12(18-6-10)20-14(23)9-2-1-5-22(8-9)11-7-19-21-15(24)13(11)17/h3-4,6-7,9H,1-2,5,8H2,(H,21,24)(H,18,20,23). The van der Waals surface area contributed by atoms with E-state index in [1.807, 2.05) is 11.0 Å². The summed E-state index contributed by atoms with van der Waals surface area (Å²) in [6.45, 7) is 1.21. The second-order valence-corrected chi connectivity index (χ2v) is 6.83. The maximum absolute atomic E-state index is 12.5. The lowest BCUT2D eigenvalue weighted by Crippen LogP contribution is -2.41. The third-order valence-electron chi connectivity index (χ3n) is 3.89.